The molecule has 1 aromatic rings. The zero-order chi connectivity index (χ0) is 9.31. The van der Waals surface area contributed by atoms with Crippen LogP contribution in [0.15, 0.2) is 22.8 Å². The van der Waals surface area contributed by atoms with Crippen molar-refractivity contribution in [2.75, 3.05) is 6.54 Å². The number of nitrogens with two attached hydrogens (primary N) is 1. The Bertz CT molecular complexity index is 290. The molecule has 0 bridgehead atoms. The first kappa shape index (κ1) is 9.16. The van der Waals surface area contributed by atoms with Gasteiger partial charge in [0.25, 0.3) is 0 Å². The van der Waals surface area contributed by atoms with Gasteiger partial charge in [-0.2, -0.15) is 0 Å². The molecule has 0 atom stereocenters. The summed E-state index contributed by atoms with van der Waals surface area (Å²) in [5.74, 6) is 0. The van der Waals surface area contributed by atoms with Gasteiger partial charge in [0, 0.05) is 21.8 Å². The van der Waals surface area contributed by atoms with E-state index in [4.69, 9.17) is 5.73 Å². The molecule has 2 rings (SSSR count). The van der Waals surface area contributed by atoms with E-state index in [-0.39, 0.29) is 0 Å². The number of aromatic nitrogens is 1. The Morgan fingerprint density at radius 1 is 1.46 bits per heavy atom. The zero-order valence-electron chi connectivity index (χ0n) is 7.46. The molecule has 0 aliphatic heterocycles. The van der Waals surface area contributed by atoms with Gasteiger partial charge < -0.3 is 5.73 Å². The van der Waals surface area contributed by atoms with E-state index >= 15 is 0 Å². The van der Waals surface area contributed by atoms with Gasteiger partial charge >= 0.3 is 0 Å². The fraction of sp³-hybridized carbons (Fsp3) is 0.500. The lowest BCUT2D eigenvalue weighted by molar-refractivity contribution is 0.610. The molecule has 1 aromatic heterocycles. The van der Waals surface area contributed by atoms with Crippen molar-refractivity contribution in [3.63, 3.8) is 0 Å². The Balaban J connectivity index is 2.20. The number of rotatable bonds is 3. The van der Waals surface area contributed by atoms with Crippen molar-refractivity contribution in [2.24, 2.45) is 5.73 Å². The van der Waals surface area contributed by atoms with Crippen molar-refractivity contribution < 1.29 is 0 Å². The third kappa shape index (κ3) is 1.76. The summed E-state index contributed by atoms with van der Waals surface area (Å²) in [5, 5.41) is 0. The standard InChI is InChI=1S/C10H13BrN2/c11-8-1-2-9(13-7-8)10(3-4-10)5-6-12/h1-2,7H,3-6,12H2. The minimum Gasteiger partial charge on any atom is -0.330 e. The van der Waals surface area contributed by atoms with E-state index in [1.807, 2.05) is 6.20 Å². The van der Waals surface area contributed by atoms with Gasteiger partial charge in [-0.3, -0.25) is 4.98 Å². The van der Waals surface area contributed by atoms with Crippen LogP contribution in [-0.4, -0.2) is 11.5 Å². The molecular formula is C10H13BrN2. The maximum Gasteiger partial charge on any atom is 0.0466 e. The van der Waals surface area contributed by atoms with Crippen LogP contribution in [0.2, 0.25) is 0 Å². The van der Waals surface area contributed by atoms with Gasteiger partial charge in [0.05, 0.1) is 0 Å². The summed E-state index contributed by atoms with van der Waals surface area (Å²) in [6.45, 7) is 0.762. The predicted molar refractivity (Wildman–Crippen MR) is 56.5 cm³/mol. The molecule has 2 nitrogen and oxygen atoms in total. The van der Waals surface area contributed by atoms with E-state index in [0.717, 1.165) is 17.4 Å². The summed E-state index contributed by atoms with van der Waals surface area (Å²) in [5.41, 5.74) is 7.12. The molecule has 0 radical (unpaired) electrons. The summed E-state index contributed by atoms with van der Waals surface area (Å²) in [6, 6.07) is 4.16. The quantitative estimate of drug-likeness (QED) is 0.881. The SMILES string of the molecule is NCCC1(c2ccc(Br)cn2)CC1. The lowest BCUT2D eigenvalue weighted by atomic mass is 9.98. The molecule has 0 saturated heterocycles. The van der Waals surface area contributed by atoms with E-state index in [1.54, 1.807) is 0 Å². The van der Waals surface area contributed by atoms with E-state index < -0.39 is 0 Å². The van der Waals surface area contributed by atoms with Gasteiger partial charge in [0.1, 0.15) is 0 Å². The van der Waals surface area contributed by atoms with Crippen LogP contribution in [0.1, 0.15) is 25.0 Å². The van der Waals surface area contributed by atoms with Gasteiger partial charge in [-0.1, -0.05) is 0 Å². The molecule has 3 heteroatoms. The normalized spacial score (nSPS) is 18.6. The summed E-state index contributed by atoms with van der Waals surface area (Å²) >= 11 is 3.38. The molecule has 0 aromatic carbocycles. The second-order valence-electron chi connectivity index (χ2n) is 3.68. The number of hydrogen-bond acceptors (Lipinski definition) is 2. The number of halogens is 1. The topological polar surface area (TPSA) is 38.9 Å². The Morgan fingerprint density at radius 2 is 2.23 bits per heavy atom. The lowest BCUT2D eigenvalue weighted by Crippen LogP contribution is -2.14. The minimum absolute atomic E-state index is 0.329. The number of nitrogens with zero attached hydrogens (tertiary/aromatic N) is 1. The fourth-order valence-corrected chi connectivity index (χ4v) is 1.99. The smallest absolute Gasteiger partial charge is 0.0466 e. The van der Waals surface area contributed by atoms with Crippen molar-refractivity contribution in [1.29, 1.82) is 0 Å². The largest absolute Gasteiger partial charge is 0.330 e. The van der Waals surface area contributed by atoms with Crippen LogP contribution in [0, 0.1) is 0 Å². The van der Waals surface area contributed by atoms with E-state index in [0.29, 0.717) is 5.41 Å². The molecule has 1 fully saturated rings. The highest BCUT2D eigenvalue weighted by Crippen LogP contribution is 2.49. The fourth-order valence-electron chi connectivity index (χ4n) is 1.75. The van der Waals surface area contributed by atoms with Gasteiger partial charge in [0.15, 0.2) is 0 Å². The van der Waals surface area contributed by atoms with Crippen molar-refractivity contribution >= 4 is 15.9 Å². The molecule has 1 aliphatic carbocycles. The van der Waals surface area contributed by atoms with Gasteiger partial charge in [-0.25, -0.2) is 0 Å². The molecule has 1 aliphatic rings. The van der Waals surface area contributed by atoms with Gasteiger partial charge in [0.2, 0.25) is 0 Å². The molecule has 1 saturated carbocycles. The zero-order valence-corrected chi connectivity index (χ0v) is 9.05. The molecule has 13 heavy (non-hydrogen) atoms. The molecule has 2 N–H and O–H groups in total. The third-order valence-corrected chi connectivity index (χ3v) is 3.22. The van der Waals surface area contributed by atoms with Crippen LogP contribution < -0.4 is 5.73 Å². The predicted octanol–water partition coefficient (Wildman–Crippen LogP) is 2.22. The first-order valence-corrected chi connectivity index (χ1v) is 5.38. The molecule has 1 heterocycles. The molecule has 0 unspecified atom stereocenters. The Hall–Kier alpha value is -0.410. The maximum absolute atomic E-state index is 5.58. The summed E-state index contributed by atoms with van der Waals surface area (Å²) in [6.07, 6.45) is 5.44. The Morgan fingerprint density at radius 3 is 2.69 bits per heavy atom. The second kappa shape index (κ2) is 3.39. The van der Waals surface area contributed by atoms with Gasteiger partial charge in [-0.15, -0.1) is 0 Å². The summed E-state index contributed by atoms with van der Waals surface area (Å²) in [4.78, 5) is 4.43. The van der Waals surface area contributed by atoms with Gasteiger partial charge in [-0.05, 0) is 53.9 Å². The summed E-state index contributed by atoms with van der Waals surface area (Å²) < 4.78 is 1.04. The first-order chi connectivity index (χ1) is 6.27. The van der Waals surface area contributed by atoms with Crippen molar-refractivity contribution in [1.82, 2.24) is 4.98 Å². The number of hydrogen-bond donors (Lipinski definition) is 1. The highest BCUT2D eigenvalue weighted by Gasteiger charge is 2.44. The average molecular weight is 241 g/mol. The molecule has 0 spiro atoms. The highest BCUT2D eigenvalue weighted by molar-refractivity contribution is 9.10. The minimum atomic E-state index is 0.329. The molecule has 70 valence electrons. The van der Waals surface area contributed by atoms with Crippen molar-refractivity contribution in [2.45, 2.75) is 24.7 Å². The van der Waals surface area contributed by atoms with Crippen LogP contribution in [0.3, 0.4) is 0 Å². The second-order valence-corrected chi connectivity index (χ2v) is 4.60. The van der Waals surface area contributed by atoms with Crippen molar-refractivity contribution in [3.05, 3.63) is 28.5 Å². The Kier molecular flexibility index (Phi) is 2.39. The number of pyridine rings is 1. The molecular weight excluding hydrogens is 228 g/mol. The van der Waals surface area contributed by atoms with Crippen molar-refractivity contribution in [3.8, 4) is 0 Å². The van der Waals surface area contributed by atoms with E-state index in [2.05, 4.69) is 33.0 Å². The van der Waals surface area contributed by atoms with Crippen LogP contribution in [0.5, 0.6) is 0 Å². The highest BCUT2D eigenvalue weighted by atomic mass is 79.9. The lowest BCUT2D eigenvalue weighted by Gasteiger charge is -2.12. The molecule has 0 amide bonds. The first-order valence-electron chi connectivity index (χ1n) is 4.59. The van der Waals surface area contributed by atoms with Crippen LogP contribution >= 0.6 is 15.9 Å². The Labute approximate surface area is 86.7 Å². The van der Waals surface area contributed by atoms with Crippen LogP contribution in [0.4, 0.5) is 0 Å². The monoisotopic (exact) mass is 240 g/mol. The average Bonchev–Trinajstić information content (AvgIpc) is 2.87. The van der Waals surface area contributed by atoms with Crippen LogP contribution in [-0.2, 0) is 5.41 Å². The summed E-state index contributed by atoms with van der Waals surface area (Å²) in [7, 11) is 0. The third-order valence-electron chi connectivity index (χ3n) is 2.75. The van der Waals surface area contributed by atoms with E-state index in [9.17, 15) is 0 Å². The van der Waals surface area contributed by atoms with E-state index in [1.165, 1.54) is 18.5 Å². The maximum atomic E-state index is 5.58. The van der Waals surface area contributed by atoms with Crippen LogP contribution in [0.25, 0.3) is 0 Å².